The molecule has 5 rings (SSSR count). The molecular formula is C33H36F3N5O3. The van der Waals surface area contributed by atoms with Crippen molar-refractivity contribution in [1.82, 2.24) is 10.2 Å². The Kier molecular flexibility index (Phi) is 9.41. The van der Waals surface area contributed by atoms with Crippen molar-refractivity contribution in [2.24, 2.45) is 0 Å². The standard InChI is InChI=1S/C33H36F3N5O3/c1-23-7-2-3-10-28(23)39-17-19-40(20-18-39)29-13-12-25(31(43)37-14-6-16-41-15-5-11-30(41)42)22-27(29)38-32(44)24-8-4-9-26(21-24)33(34,35)36/h2-4,7-10,12-13,21-22H,5-6,11,14-20H2,1H3,(H,37,43)(H,38,44). The molecule has 8 nitrogen and oxygen atoms in total. The van der Waals surface area contributed by atoms with Gasteiger partial charge in [-0.25, -0.2) is 0 Å². The van der Waals surface area contributed by atoms with E-state index in [1.54, 1.807) is 23.1 Å². The van der Waals surface area contributed by atoms with Gasteiger partial charge < -0.3 is 25.3 Å². The molecule has 0 radical (unpaired) electrons. The second-order valence-electron chi connectivity index (χ2n) is 11.1. The summed E-state index contributed by atoms with van der Waals surface area (Å²) < 4.78 is 39.9. The Morgan fingerprint density at radius 2 is 1.52 bits per heavy atom. The van der Waals surface area contributed by atoms with E-state index in [0.29, 0.717) is 56.0 Å². The topological polar surface area (TPSA) is 85.0 Å². The van der Waals surface area contributed by atoms with E-state index in [9.17, 15) is 27.6 Å². The molecule has 3 amide bonds. The Balaban J connectivity index is 1.32. The highest BCUT2D eigenvalue weighted by Crippen LogP contribution is 2.32. The van der Waals surface area contributed by atoms with Crippen molar-refractivity contribution in [2.45, 2.75) is 32.4 Å². The predicted molar refractivity (Wildman–Crippen MR) is 164 cm³/mol. The van der Waals surface area contributed by atoms with Gasteiger partial charge in [-0.1, -0.05) is 24.3 Å². The number of para-hydroxylation sites is 1. The van der Waals surface area contributed by atoms with Crippen molar-refractivity contribution in [3.05, 3.63) is 89.0 Å². The minimum atomic E-state index is -4.59. The largest absolute Gasteiger partial charge is 0.416 e. The molecule has 2 N–H and O–H groups in total. The third kappa shape index (κ3) is 7.32. The number of halogens is 3. The van der Waals surface area contributed by atoms with E-state index in [1.165, 1.54) is 17.7 Å². The van der Waals surface area contributed by atoms with Gasteiger partial charge in [0.2, 0.25) is 5.91 Å². The lowest BCUT2D eigenvalue weighted by Crippen LogP contribution is -2.47. The van der Waals surface area contributed by atoms with Crippen molar-refractivity contribution in [2.75, 3.05) is 60.9 Å². The van der Waals surface area contributed by atoms with Crippen LogP contribution in [0.4, 0.5) is 30.2 Å². The number of hydrogen-bond acceptors (Lipinski definition) is 5. The van der Waals surface area contributed by atoms with E-state index in [-0.39, 0.29) is 17.4 Å². The highest BCUT2D eigenvalue weighted by atomic mass is 19.4. The van der Waals surface area contributed by atoms with Crippen molar-refractivity contribution in [1.29, 1.82) is 0 Å². The summed E-state index contributed by atoms with van der Waals surface area (Å²) in [5.41, 5.74) is 2.61. The molecule has 44 heavy (non-hydrogen) atoms. The number of aryl methyl sites for hydroxylation is 1. The van der Waals surface area contributed by atoms with Crippen LogP contribution in [0, 0.1) is 6.92 Å². The molecule has 0 spiro atoms. The van der Waals surface area contributed by atoms with E-state index in [1.807, 2.05) is 12.1 Å². The van der Waals surface area contributed by atoms with Gasteiger partial charge in [0.25, 0.3) is 11.8 Å². The molecule has 0 saturated carbocycles. The summed E-state index contributed by atoms with van der Waals surface area (Å²) in [6, 6.07) is 17.4. The number of piperazine rings is 1. The van der Waals surface area contributed by atoms with Gasteiger partial charge in [0.1, 0.15) is 0 Å². The van der Waals surface area contributed by atoms with Gasteiger partial charge in [-0.2, -0.15) is 13.2 Å². The number of alkyl halides is 3. The van der Waals surface area contributed by atoms with Crippen LogP contribution >= 0.6 is 0 Å². The van der Waals surface area contributed by atoms with Gasteiger partial charge in [-0.3, -0.25) is 14.4 Å². The number of nitrogens with zero attached hydrogens (tertiary/aromatic N) is 3. The highest BCUT2D eigenvalue weighted by molar-refractivity contribution is 6.07. The van der Waals surface area contributed by atoms with Gasteiger partial charge in [0, 0.05) is 69.0 Å². The SMILES string of the molecule is Cc1ccccc1N1CCN(c2ccc(C(=O)NCCCN3CCCC3=O)cc2NC(=O)c2cccc(C(F)(F)F)c2)CC1. The molecule has 2 aliphatic heterocycles. The van der Waals surface area contributed by atoms with Gasteiger partial charge in [-0.05, 0) is 67.8 Å². The molecule has 2 fully saturated rings. The van der Waals surface area contributed by atoms with Crippen molar-refractivity contribution >= 4 is 34.8 Å². The first-order valence-electron chi connectivity index (χ1n) is 14.8. The zero-order valence-electron chi connectivity index (χ0n) is 24.6. The van der Waals surface area contributed by atoms with Crippen LogP contribution in [0.5, 0.6) is 0 Å². The maximum Gasteiger partial charge on any atom is 0.416 e. The molecule has 3 aromatic rings. The average molecular weight is 608 g/mol. The summed E-state index contributed by atoms with van der Waals surface area (Å²) in [6.45, 7) is 6.49. The summed E-state index contributed by atoms with van der Waals surface area (Å²) in [7, 11) is 0. The van der Waals surface area contributed by atoms with Crippen LogP contribution in [0.2, 0.25) is 0 Å². The molecule has 0 bridgehead atoms. The predicted octanol–water partition coefficient (Wildman–Crippen LogP) is 5.34. The van der Waals surface area contributed by atoms with E-state index >= 15 is 0 Å². The van der Waals surface area contributed by atoms with Crippen LogP contribution in [0.15, 0.2) is 66.7 Å². The zero-order valence-corrected chi connectivity index (χ0v) is 24.6. The number of carbonyl (C=O) groups is 3. The number of hydrogen-bond donors (Lipinski definition) is 2. The molecule has 0 atom stereocenters. The van der Waals surface area contributed by atoms with Crippen LogP contribution in [0.3, 0.4) is 0 Å². The van der Waals surface area contributed by atoms with Crippen molar-refractivity contribution in [3.63, 3.8) is 0 Å². The smallest absolute Gasteiger partial charge is 0.368 e. The number of amides is 3. The minimum absolute atomic E-state index is 0.132. The van der Waals surface area contributed by atoms with E-state index < -0.39 is 17.6 Å². The van der Waals surface area contributed by atoms with E-state index in [2.05, 4.69) is 39.5 Å². The Bertz CT molecular complexity index is 1520. The van der Waals surface area contributed by atoms with Crippen LogP contribution in [0.25, 0.3) is 0 Å². The summed E-state index contributed by atoms with van der Waals surface area (Å²) in [5.74, 6) is -0.917. The summed E-state index contributed by atoms with van der Waals surface area (Å²) in [4.78, 5) is 44.3. The molecule has 232 valence electrons. The molecule has 2 heterocycles. The molecule has 0 unspecified atom stereocenters. The van der Waals surface area contributed by atoms with E-state index in [4.69, 9.17) is 0 Å². The first-order chi connectivity index (χ1) is 21.1. The number of likely N-dealkylation sites (tertiary alicyclic amines) is 1. The first-order valence-corrected chi connectivity index (χ1v) is 14.8. The molecule has 0 aliphatic carbocycles. The average Bonchev–Trinajstić information content (AvgIpc) is 3.43. The molecule has 2 saturated heterocycles. The molecule has 2 aliphatic rings. The van der Waals surface area contributed by atoms with Gasteiger partial charge in [-0.15, -0.1) is 0 Å². The zero-order chi connectivity index (χ0) is 31.3. The lowest BCUT2D eigenvalue weighted by molar-refractivity contribution is -0.137. The summed E-state index contributed by atoms with van der Waals surface area (Å²) in [5, 5.41) is 5.64. The second-order valence-corrected chi connectivity index (χ2v) is 11.1. The van der Waals surface area contributed by atoms with Crippen LogP contribution < -0.4 is 20.4 Å². The Labute approximate surface area is 254 Å². The second kappa shape index (κ2) is 13.4. The van der Waals surface area contributed by atoms with Gasteiger partial charge in [0.15, 0.2) is 0 Å². The molecular weight excluding hydrogens is 571 g/mol. The molecule has 11 heteroatoms. The van der Waals surface area contributed by atoms with Crippen molar-refractivity contribution in [3.8, 4) is 0 Å². The maximum atomic E-state index is 13.3. The number of rotatable bonds is 9. The lowest BCUT2D eigenvalue weighted by Gasteiger charge is -2.38. The number of anilines is 3. The number of benzene rings is 3. The third-order valence-corrected chi connectivity index (χ3v) is 8.10. The first kappa shape index (κ1) is 30.9. The highest BCUT2D eigenvalue weighted by Gasteiger charge is 2.31. The fourth-order valence-corrected chi connectivity index (χ4v) is 5.71. The monoisotopic (exact) mass is 607 g/mol. The Morgan fingerprint density at radius 1 is 0.818 bits per heavy atom. The summed E-state index contributed by atoms with van der Waals surface area (Å²) in [6.07, 6.45) is -2.56. The normalized spacial score (nSPS) is 15.5. The van der Waals surface area contributed by atoms with Crippen LogP contribution in [-0.4, -0.2) is 68.4 Å². The molecule has 0 aromatic heterocycles. The fraction of sp³-hybridized carbons (Fsp3) is 0.364. The summed E-state index contributed by atoms with van der Waals surface area (Å²) >= 11 is 0. The quantitative estimate of drug-likeness (QED) is 0.321. The number of nitrogens with one attached hydrogen (secondary N) is 2. The Hall–Kier alpha value is -4.54. The van der Waals surface area contributed by atoms with Crippen molar-refractivity contribution < 1.29 is 27.6 Å². The molecule has 3 aromatic carbocycles. The Morgan fingerprint density at radius 3 is 2.20 bits per heavy atom. The third-order valence-electron chi connectivity index (χ3n) is 8.10. The van der Waals surface area contributed by atoms with Gasteiger partial charge in [0.05, 0.1) is 16.9 Å². The number of carbonyl (C=O) groups excluding carboxylic acids is 3. The van der Waals surface area contributed by atoms with Crippen LogP contribution in [0.1, 0.15) is 51.1 Å². The van der Waals surface area contributed by atoms with Crippen LogP contribution in [-0.2, 0) is 11.0 Å². The van der Waals surface area contributed by atoms with Gasteiger partial charge >= 0.3 is 6.18 Å². The van der Waals surface area contributed by atoms with E-state index in [0.717, 1.165) is 43.9 Å². The maximum absolute atomic E-state index is 13.3. The lowest BCUT2D eigenvalue weighted by atomic mass is 10.1. The minimum Gasteiger partial charge on any atom is -0.368 e. The fourth-order valence-electron chi connectivity index (χ4n) is 5.71.